The number of amides is 1. The van der Waals surface area contributed by atoms with E-state index in [1.807, 2.05) is 0 Å². The molecule has 0 aliphatic rings. The van der Waals surface area contributed by atoms with Gasteiger partial charge in [0.2, 0.25) is 0 Å². The lowest BCUT2D eigenvalue weighted by atomic mass is 10.3. The summed E-state index contributed by atoms with van der Waals surface area (Å²) in [6.45, 7) is 0. The van der Waals surface area contributed by atoms with E-state index in [2.05, 4.69) is 5.32 Å². The number of anilines is 1. The molecule has 0 saturated heterocycles. The van der Waals surface area contributed by atoms with Crippen LogP contribution in [-0.4, -0.2) is 22.1 Å². The van der Waals surface area contributed by atoms with E-state index in [1.54, 1.807) is 0 Å². The first kappa shape index (κ1) is 11.0. The van der Waals surface area contributed by atoms with Crippen molar-refractivity contribution in [3.05, 3.63) is 26.4 Å². The van der Waals surface area contributed by atoms with Crippen LogP contribution in [0.2, 0.25) is 0 Å². The van der Waals surface area contributed by atoms with E-state index in [1.165, 1.54) is 21.1 Å². The first-order chi connectivity index (χ1) is 6.91. The molecular weight excluding hydrogens is 200 g/mol. The summed E-state index contributed by atoms with van der Waals surface area (Å²) in [6, 6.07) is 0. The van der Waals surface area contributed by atoms with E-state index < -0.39 is 17.2 Å². The molecule has 1 aromatic heterocycles. The normalized spacial score (nSPS) is 10.1. The van der Waals surface area contributed by atoms with Gasteiger partial charge in [-0.2, -0.15) is 0 Å². The predicted molar refractivity (Wildman–Crippen MR) is 54.7 cm³/mol. The molecule has 0 unspecified atom stereocenters. The van der Waals surface area contributed by atoms with Crippen molar-refractivity contribution >= 4 is 11.7 Å². The van der Waals surface area contributed by atoms with Gasteiger partial charge < -0.3 is 11.1 Å². The second-order valence-electron chi connectivity index (χ2n) is 3.05. The molecule has 0 saturated carbocycles. The van der Waals surface area contributed by atoms with Gasteiger partial charge in [-0.1, -0.05) is 0 Å². The van der Waals surface area contributed by atoms with Crippen LogP contribution in [0.5, 0.6) is 0 Å². The van der Waals surface area contributed by atoms with Crippen molar-refractivity contribution in [1.82, 2.24) is 14.5 Å². The third kappa shape index (κ3) is 1.51. The van der Waals surface area contributed by atoms with E-state index >= 15 is 0 Å². The number of nitrogens with zero attached hydrogens (tertiary/aromatic N) is 2. The van der Waals surface area contributed by atoms with Gasteiger partial charge in [0.15, 0.2) is 0 Å². The monoisotopic (exact) mass is 212 g/mol. The molecule has 82 valence electrons. The van der Waals surface area contributed by atoms with Gasteiger partial charge in [-0.15, -0.1) is 0 Å². The van der Waals surface area contributed by atoms with E-state index in [0.29, 0.717) is 0 Å². The Morgan fingerprint density at radius 1 is 1.27 bits per heavy atom. The summed E-state index contributed by atoms with van der Waals surface area (Å²) in [5.74, 6) is -0.744. The van der Waals surface area contributed by atoms with Gasteiger partial charge in [-0.3, -0.25) is 18.7 Å². The number of carbonyl (C=O) groups excluding carboxylic acids is 1. The van der Waals surface area contributed by atoms with Crippen LogP contribution in [0.15, 0.2) is 9.59 Å². The average molecular weight is 212 g/mol. The second kappa shape index (κ2) is 3.60. The van der Waals surface area contributed by atoms with Gasteiger partial charge in [0, 0.05) is 21.1 Å². The zero-order chi connectivity index (χ0) is 11.7. The average Bonchev–Trinajstić information content (AvgIpc) is 2.23. The molecule has 0 atom stereocenters. The van der Waals surface area contributed by atoms with Crippen molar-refractivity contribution in [1.29, 1.82) is 0 Å². The highest BCUT2D eigenvalue weighted by Crippen LogP contribution is 2.01. The topological polar surface area (TPSA) is 99.1 Å². The van der Waals surface area contributed by atoms with Crippen LogP contribution in [0.3, 0.4) is 0 Å². The maximum absolute atomic E-state index is 11.6. The third-order valence-corrected chi connectivity index (χ3v) is 2.16. The van der Waals surface area contributed by atoms with Gasteiger partial charge in [0.05, 0.1) is 0 Å². The Hall–Kier alpha value is -2.05. The SMILES string of the molecule is CNC(=O)c1c(N)n(C)c(=O)n(C)c1=O. The highest BCUT2D eigenvalue weighted by molar-refractivity contribution is 5.97. The maximum atomic E-state index is 11.6. The van der Waals surface area contributed by atoms with Crippen molar-refractivity contribution in [2.75, 3.05) is 12.8 Å². The van der Waals surface area contributed by atoms with E-state index in [0.717, 1.165) is 9.13 Å². The summed E-state index contributed by atoms with van der Waals surface area (Å²) in [7, 11) is 4.06. The number of nitrogen functional groups attached to an aromatic ring is 1. The number of rotatable bonds is 1. The van der Waals surface area contributed by atoms with Crippen LogP contribution in [0.4, 0.5) is 5.82 Å². The summed E-state index contributed by atoms with van der Waals surface area (Å²) in [4.78, 5) is 34.3. The summed E-state index contributed by atoms with van der Waals surface area (Å²) in [5.41, 5.74) is 4.03. The molecule has 1 amide bonds. The summed E-state index contributed by atoms with van der Waals surface area (Å²) < 4.78 is 1.88. The van der Waals surface area contributed by atoms with Gasteiger partial charge >= 0.3 is 5.69 Å². The molecule has 0 aliphatic heterocycles. The van der Waals surface area contributed by atoms with E-state index in [4.69, 9.17) is 5.73 Å². The lowest BCUT2D eigenvalue weighted by Crippen LogP contribution is -2.43. The van der Waals surface area contributed by atoms with Crippen LogP contribution in [0, 0.1) is 0 Å². The van der Waals surface area contributed by atoms with Gasteiger partial charge in [-0.05, 0) is 0 Å². The number of carbonyl (C=O) groups is 1. The predicted octanol–water partition coefficient (Wildman–Crippen LogP) is -1.97. The molecule has 0 aliphatic carbocycles. The highest BCUT2D eigenvalue weighted by Gasteiger charge is 2.18. The molecule has 7 nitrogen and oxygen atoms in total. The minimum atomic E-state index is -0.699. The molecule has 7 heteroatoms. The Kier molecular flexibility index (Phi) is 2.65. The van der Waals surface area contributed by atoms with Gasteiger partial charge in [0.25, 0.3) is 11.5 Å². The number of nitrogens with two attached hydrogens (primary N) is 1. The Bertz CT molecular complexity index is 526. The molecular formula is C8H12N4O3. The largest absolute Gasteiger partial charge is 0.384 e. The lowest BCUT2D eigenvalue weighted by molar-refractivity contribution is 0.0961. The van der Waals surface area contributed by atoms with Crippen molar-refractivity contribution in [3.8, 4) is 0 Å². The van der Waals surface area contributed by atoms with Crippen molar-refractivity contribution in [2.24, 2.45) is 14.1 Å². The molecule has 0 spiro atoms. The first-order valence-corrected chi connectivity index (χ1v) is 4.19. The van der Waals surface area contributed by atoms with Gasteiger partial charge in [-0.25, -0.2) is 4.79 Å². The number of hydrogen-bond acceptors (Lipinski definition) is 4. The number of nitrogens with one attached hydrogen (secondary N) is 1. The minimum absolute atomic E-state index is 0.137. The standard InChI is InChI=1S/C8H12N4O3/c1-10-6(13)4-5(9)11(2)8(15)12(3)7(4)14/h9H2,1-3H3,(H,10,13). The van der Waals surface area contributed by atoms with Gasteiger partial charge in [0.1, 0.15) is 11.4 Å². The molecule has 0 bridgehead atoms. The summed E-state index contributed by atoms with van der Waals surface area (Å²) in [5, 5.41) is 2.29. The molecule has 0 aromatic carbocycles. The molecule has 0 fully saturated rings. The fourth-order valence-electron chi connectivity index (χ4n) is 1.20. The Labute approximate surface area is 85.1 Å². The fraction of sp³-hybridized carbons (Fsp3) is 0.375. The van der Waals surface area contributed by atoms with Crippen molar-refractivity contribution in [2.45, 2.75) is 0 Å². The number of aromatic nitrogens is 2. The fourth-order valence-corrected chi connectivity index (χ4v) is 1.20. The Balaban J connectivity index is 3.76. The Morgan fingerprint density at radius 2 is 1.80 bits per heavy atom. The van der Waals surface area contributed by atoms with Crippen LogP contribution >= 0.6 is 0 Å². The van der Waals surface area contributed by atoms with E-state index in [-0.39, 0.29) is 11.4 Å². The minimum Gasteiger partial charge on any atom is -0.384 e. The molecule has 1 rings (SSSR count). The molecule has 15 heavy (non-hydrogen) atoms. The van der Waals surface area contributed by atoms with Crippen LogP contribution in [-0.2, 0) is 14.1 Å². The highest BCUT2D eigenvalue weighted by atomic mass is 16.2. The zero-order valence-corrected chi connectivity index (χ0v) is 8.70. The Morgan fingerprint density at radius 3 is 2.27 bits per heavy atom. The summed E-state index contributed by atoms with van der Waals surface area (Å²) >= 11 is 0. The molecule has 3 N–H and O–H groups in total. The van der Waals surface area contributed by atoms with Crippen molar-refractivity contribution in [3.63, 3.8) is 0 Å². The molecule has 1 aromatic rings. The lowest BCUT2D eigenvalue weighted by Gasteiger charge is -2.09. The summed E-state index contributed by atoms with van der Waals surface area (Å²) in [6.07, 6.45) is 0. The van der Waals surface area contributed by atoms with Crippen molar-refractivity contribution < 1.29 is 4.79 Å². The maximum Gasteiger partial charge on any atom is 0.332 e. The van der Waals surface area contributed by atoms with Crippen LogP contribution in [0.1, 0.15) is 10.4 Å². The second-order valence-corrected chi connectivity index (χ2v) is 3.05. The smallest absolute Gasteiger partial charge is 0.332 e. The first-order valence-electron chi connectivity index (χ1n) is 4.19. The van der Waals surface area contributed by atoms with Crippen LogP contribution < -0.4 is 22.3 Å². The molecule has 0 radical (unpaired) electrons. The zero-order valence-electron chi connectivity index (χ0n) is 8.70. The molecule has 1 heterocycles. The quantitative estimate of drug-likeness (QED) is 0.563. The van der Waals surface area contributed by atoms with Crippen LogP contribution in [0.25, 0.3) is 0 Å². The number of hydrogen-bond donors (Lipinski definition) is 2. The van der Waals surface area contributed by atoms with E-state index in [9.17, 15) is 14.4 Å². The third-order valence-electron chi connectivity index (χ3n) is 2.16.